The number of rotatable bonds is 6. The van der Waals surface area contributed by atoms with Gasteiger partial charge in [-0.05, 0) is 42.7 Å². The van der Waals surface area contributed by atoms with Crippen LogP contribution in [-0.2, 0) is 20.8 Å². The molecule has 1 fully saturated rings. The highest BCUT2D eigenvalue weighted by Crippen LogP contribution is 2.31. The van der Waals surface area contributed by atoms with Gasteiger partial charge in [-0.1, -0.05) is 38.1 Å². The van der Waals surface area contributed by atoms with Gasteiger partial charge in [0, 0.05) is 68.8 Å². The number of piperazine rings is 1. The van der Waals surface area contributed by atoms with Crippen molar-refractivity contribution in [3.8, 4) is 0 Å². The fourth-order valence-corrected chi connectivity index (χ4v) is 4.66. The van der Waals surface area contributed by atoms with Gasteiger partial charge in [0.25, 0.3) is 0 Å². The molecular weight excluding hydrogens is 442 g/mol. The monoisotopic (exact) mass is 477 g/mol. The molecule has 0 aromatic heterocycles. The summed E-state index contributed by atoms with van der Waals surface area (Å²) in [7, 11) is 0. The molecule has 35 heavy (non-hydrogen) atoms. The largest absolute Gasteiger partial charge is 0.369 e. The summed E-state index contributed by atoms with van der Waals surface area (Å²) < 4.78 is 0. The van der Waals surface area contributed by atoms with E-state index in [9.17, 15) is 14.4 Å². The number of carbonyl (C=O) groups is 3. The quantitative estimate of drug-likeness (QED) is 0.625. The molecule has 0 atom stereocenters. The van der Waals surface area contributed by atoms with Crippen molar-refractivity contribution in [1.29, 1.82) is 0 Å². The number of carbonyl (C=O) groups excluding carboxylic acids is 3. The number of anilines is 3. The number of nitrogens with zero attached hydrogens (tertiary/aromatic N) is 3. The van der Waals surface area contributed by atoms with E-state index in [4.69, 9.17) is 0 Å². The number of benzene rings is 2. The van der Waals surface area contributed by atoms with Crippen molar-refractivity contribution in [2.75, 3.05) is 60.9 Å². The van der Waals surface area contributed by atoms with Crippen molar-refractivity contribution >= 4 is 34.8 Å². The molecule has 0 bridgehead atoms. The van der Waals surface area contributed by atoms with E-state index in [2.05, 4.69) is 32.6 Å². The molecule has 2 aliphatic rings. The van der Waals surface area contributed by atoms with Crippen LogP contribution in [0.3, 0.4) is 0 Å². The molecule has 8 heteroatoms. The van der Waals surface area contributed by atoms with Crippen LogP contribution in [0.4, 0.5) is 17.1 Å². The molecular formula is C27H35N5O3. The maximum atomic E-state index is 12.6. The number of hydrogen-bond acceptors (Lipinski definition) is 5. The van der Waals surface area contributed by atoms with Crippen LogP contribution >= 0.6 is 0 Å². The third-order valence-electron chi connectivity index (χ3n) is 6.64. The highest BCUT2D eigenvalue weighted by molar-refractivity contribution is 6.39. The summed E-state index contributed by atoms with van der Waals surface area (Å²) in [6, 6.07) is 15.9. The number of fused-ring (bicyclic) bond motifs is 1. The maximum absolute atomic E-state index is 12.6. The topological polar surface area (TPSA) is 85.0 Å². The second kappa shape index (κ2) is 11.4. The minimum Gasteiger partial charge on any atom is -0.369 e. The Bertz CT molecular complexity index is 1050. The Morgan fingerprint density at radius 3 is 2.37 bits per heavy atom. The summed E-state index contributed by atoms with van der Waals surface area (Å²) in [5, 5.41) is 5.41. The van der Waals surface area contributed by atoms with Gasteiger partial charge in [0.05, 0.1) is 0 Å². The molecule has 0 saturated carbocycles. The van der Waals surface area contributed by atoms with E-state index in [1.54, 1.807) is 17.0 Å². The van der Waals surface area contributed by atoms with E-state index in [0.717, 1.165) is 50.3 Å². The number of amides is 3. The Morgan fingerprint density at radius 2 is 1.66 bits per heavy atom. The van der Waals surface area contributed by atoms with Crippen molar-refractivity contribution in [2.24, 2.45) is 5.92 Å². The highest BCUT2D eigenvalue weighted by Gasteiger charge is 2.25. The van der Waals surface area contributed by atoms with E-state index < -0.39 is 11.8 Å². The molecule has 0 aliphatic carbocycles. The summed E-state index contributed by atoms with van der Waals surface area (Å²) >= 11 is 0. The molecule has 0 spiro atoms. The highest BCUT2D eigenvalue weighted by atomic mass is 16.2. The average molecular weight is 478 g/mol. The van der Waals surface area contributed by atoms with Gasteiger partial charge in [-0.2, -0.15) is 0 Å². The first-order valence-corrected chi connectivity index (χ1v) is 12.5. The van der Waals surface area contributed by atoms with Gasteiger partial charge in [-0.25, -0.2) is 0 Å². The Hall–Kier alpha value is -3.39. The van der Waals surface area contributed by atoms with E-state index >= 15 is 0 Å². The van der Waals surface area contributed by atoms with Crippen LogP contribution in [0.5, 0.6) is 0 Å². The van der Waals surface area contributed by atoms with Crippen molar-refractivity contribution in [3.63, 3.8) is 0 Å². The van der Waals surface area contributed by atoms with Crippen LogP contribution in [-0.4, -0.2) is 68.4 Å². The lowest BCUT2D eigenvalue weighted by atomic mass is 9.99. The van der Waals surface area contributed by atoms with Crippen molar-refractivity contribution < 1.29 is 14.4 Å². The van der Waals surface area contributed by atoms with Crippen LogP contribution in [0.1, 0.15) is 25.8 Å². The van der Waals surface area contributed by atoms with Gasteiger partial charge < -0.3 is 20.4 Å². The lowest BCUT2D eigenvalue weighted by Gasteiger charge is -2.36. The van der Waals surface area contributed by atoms with Crippen LogP contribution in [0.15, 0.2) is 48.5 Å². The summed E-state index contributed by atoms with van der Waals surface area (Å²) in [5.41, 5.74) is 3.66. The first kappa shape index (κ1) is 24.7. The minimum atomic E-state index is -0.698. The van der Waals surface area contributed by atoms with Gasteiger partial charge in [-0.3, -0.25) is 19.3 Å². The normalized spacial score (nSPS) is 16.1. The Kier molecular flexibility index (Phi) is 8.02. The molecule has 2 aromatic rings. The van der Waals surface area contributed by atoms with Gasteiger partial charge in [0.1, 0.15) is 0 Å². The second-order valence-corrected chi connectivity index (χ2v) is 9.47. The molecule has 3 amide bonds. The Balaban J connectivity index is 1.24. The lowest BCUT2D eigenvalue weighted by molar-refractivity contribution is -0.136. The Morgan fingerprint density at radius 1 is 0.914 bits per heavy atom. The molecule has 0 radical (unpaired) electrons. The van der Waals surface area contributed by atoms with E-state index in [1.165, 1.54) is 5.69 Å². The third kappa shape index (κ3) is 6.19. The fourth-order valence-electron chi connectivity index (χ4n) is 4.66. The van der Waals surface area contributed by atoms with Gasteiger partial charge >= 0.3 is 11.8 Å². The average Bonchev–Trinajstić information content (AvgIpc) is 2.88. The minimum absolute atomic E-state index is 0.0665. The molecule has 1 saturated heterocycles. The maximum Gasteiger partial charge on any atom is 0.313 e. The van der Waals surface area contributed by atoms with Crippen LogP contribution in [0.25, 0.3) is 0 Å². The zero-order chi connectivity index (χ0) is 24.8. The predicted octanol–water partition coefficient (Wildman–Crippen LogP) is 2.50. The molecule has 2 heterocycles. The number of nitrogens with one attached hydrogen (secondary N) is 2. The second-order valence-electron chi connectivity index (χ2n) is 9.47. The van der Waals surface area contributed by atoms with Crippen molar-refractivity contribution in [3.05, 3.63) is 54.1 Å². The summed E-state index contributed by atoms with van der Waals surface area (Å²) in [5.74, 6) is -1.39. The van der Waals surface area contributed by atoms with Crippen LogP contribution < -0.4 is 20.4 Å². The number of aryl methyl sites for hydroxylation is 1. The number of hydrogen-bond donors (Lipinski definition) is 2. The van der Waals surface area contributed by atoms with Crippen LogP contribution in [0, 0.1) is 5.92 Å². The molecule has 2 N–H and O–H groups in total. The van der Waals surface area contributed by atoms with E-state index in [1.807, 2.05) is 38.1 Å². The van der Waals surface area contributed by atoms with E-state index in [0.29, 0.717) is 25.3 Å². The molecule has 2 aliphatic heterocycles. The summed E-state index contributed by atoms with van der Waals surface area (Å²) in [6.07, 6.45) is 1.81. The smallest absolute Gasteiger partial charge is 0.313 e. The zero-order valence-electron chi connectivity index (χ0n) is 20.6. The predicted molar refractivity (Wildman–Crippen MR) is 139 cm³/mol. The van der Waals surface area contributed by atoms with Crippen molar-refractivity contribution in [1.82, 2.24) is 10.2 Å². The van der Waals surface area contributed by atoms with Gasteiger partial charge in [0.2, 0.25) is 5.91 Å². The van der Waals surface area contributed by atoms with Gasteiger partial charge in [-0.15, -0.1) is 0 Å². The molecule has 186 valence electrons. The summed E-state index contributed by atoms with van der Waals surface area (Å²) in [6.45, 7) is 9.26. The van der Waals surface area contributed by atoms with Gasteiger partial charge in [0.15, 0.2) is 0 Å². The van der Waals surface area contributed by atoms with Crippen molar-refractivity contribution in [2.45, 2.75) is 26.7 Å². The van der Waals surface area contributed by atoms with E-state index in [-0.39, 0.29) is 11.8 Å². The molecule has 0 unspecified atom stereocenters. The Labute approximate surface area is 207 Å². The molecule has 2 aromatic carbocycles. The standard InChI is InChI=1S/C27H35N5O3/c1-20(2)27(35)32-13-6-7-21-10-11-22(19-24(21)32)29-26(34)25(33)28-12-14-30-15-17-31(18-16-30)23-8-4-3-5-9-23/h3-5,8-11,19-20H,6-7,12-18H2,1-2H3,(H,28,33)(H,29,34). The number of para-hydroxylation sites is 1. The van der Waals surface area contributed by atoms with Crippen LogP contribution in [0.2, 0.25) is 0 Å². The fraction of sp³-hybridized carbons (Fsp3) is 0.444. The SMILES string of the molecule is CC(C)C(=O)N1CCCc2ccc(NC(=O)C(=O)NCCN3CCN(c4ccccc4)CC3)cc21. The first-order valence-electron chi connectivity index (χ1n) is 12.5. The summed E-state index contributed by atoms with van der Waals surface area (Å²) in [4.78, 5) is 43.9. The third-order valence-corrected chi connectivity index (χ3v) is 6.64. The first-order chi connectivity index (χ1) is 16.9. The molecule has 8 nitrogen and oxygen atoms in total. The molecule has 4 rings (SSSR count). The zero-order valence-corrected chi connectivity index (χ0v) is 20.6. The lowest BCUT2D eigenvalue weighted by Crippen LogP contribution is -2.49.